The van der Waals surface area contributed by atoms with Crippen molar-refractivity contribution in [2.75, 3.05) is 19.6 Å². The Morgan fingerprint density at radius 2 is 2.18 bits per heavy atom. The molecule has 1 saturated heterocycles. The van der Waals surface area contributed by atoms with Gasteiger partial charge in [0.05, 0.1) is 6.20 Å². The van der Waals surface area contributed by atoms with Gasteiger partial charge in [-0.2, -0.15) is 5.10 Å². The fraction of sp³-hybridized carbons (Fsp3) is 0.533. The first-order chi connectivity index (χ1) is 10.1. The molecule has 2 aromatic heterocycles. The average Bonchev–Trinajstić information content (AvgIpc) is 2.89. The second kappa shape index (κ2) is 6.62. The van der Waals surface area contributed by atoms with Crippen LogP contribution in [0.4, 0.5) is 0 Å². The van der Waals surface area contributed by atoms with Crippen LogP contribution in [0.5, 0.6) is 0 Å². The van der Waals surface area contributed by atoms with Crippen molar-refractivity contribution in [3.05, 3.63) is 29.7 Å². The molecule has 0 aliphatic carbocycles. The molecule has 7 heteroatoms. The van der Waals surface area contributed by atoms with Gasteiger partial charge in [0.1, 0.15) is 5.56 Å². The van der Waals surface area contributed by atoms with Gasteiger partial charge in [-0.25, -0.2) is 9.50 Å². The molecule has 1 fully saturated rings. The summed E-state index contributed by atoms with van der Waals surface area (Å²) in [6.45, 7) is 6.86. The maximum atomic E-state index is 12.4. The highest BCUT2D eigenvalue weighted by atomic mass is 35.5. The molecule has 120 valence electrons. The first kappa shape index (κ1) is 16.7. The van der Waals surface area contributed by atoms with E-state index in [4.69, 9.17) is 0 Å². The Morgan fingerprint density at radius 1 is 1.45 bits per heavy atom. The number of amides is 1. The van der Waals surface area contributed by atoms with Gasteiger partial charge in [0.25, 0.3) is 5.91 Å². The molecule has 0 spiro atoms. The molecule has 3 rings (SSSR count). The summed E-state index contributed by atoms with van der Waals surface area (Å²) in [7, 11) is 0. The number of hydrogen-bond acceptors (Lipinski definition) is 4. The third kappa shape index (κ3) is 3.39. The summed E-state index contributed by atoms with van der Waals surface area (Å²) in [6.07, 6.45) is 5.57. The van der Waals surface area contributed by atoms with Crippen LogP contribution in [0.25, 0.3) is 5.65 Å². The van der Waals surface area contributed by atoms with Crippen molar-refractivity contribution in [3.63, 3.8) is 0 Å². The first-order valence-electron chi connectivity index (χ1n) is 7.37. The summed E-state index contributed by atoms with van der Waals surface area (Å²) in [4.78, 5) is 16.8. The van der Waals surface area contributed by atoms with Gasteiger partial charge in [-0.15, -0.1) is 12.4 Å². The highest BCUT2D eigenvalue weighted by molar-refractivity contribution is 5.99. The highest BCUT2D eigenvalue weighted by Crippen LogP contribution is 2.26. The number of hydrogen-bond donors (Lipinski definition) is 2. The van der Waals surface area contributed by atoms with E-state index in [1.807, 2.05) is 19.2 Å². The number of nitrogens with zero attached hydrogens (tertiary/aromatic N) is 3. The molecule has 6 nitrogen and oxygen atoms in total. The molecule has 2 aromatic rings. The number of carbonyl (C=O) groups is 1. The van der Waals surface area contributed by atoms with Crippen molar-refractivity contribution >= 4 is 24.0 Å². The summed E-state index contributed by atoms with van der Waals surface area (Å²) in [6, 6.07) is 1.87. The largest absolute Gasteiger partial charge is 0.351 e. The lowest BCUT2D eigenvalue weighted by atomic mass is 9.81. The molecular formula is C15H22ClN5O. The van der Waals surface area contributed by atoms with Crippen molar-refractivity contribution in [3.8, 4) is 0 Å². The molecule has 1 aliphatic heterocycles. The van der Waals surface area contributed by atoms with Crippen molar-refractivity contribution in [2.45, 2.75) is 26.7 Å². The molecule has 1 aliphatic rings. The zero-order chi connectivity index (χ0) is 14.9. The van der Waals surface area contributed by atoms with E-state index < -0.39 is 0 Å². The van der Waals surface area contributed by atoms with Crippen LogP contribution in [0.2, 0.25) is 0 Å². The van der Waals surface area contributed by atoms with Crippen molar-refractivity contribution < 1.29 is 4.79 Å². The van der Waals surface area contributed by atoms with Crippen LogP contribution in [0.15, 0.2) is 18.5 Å². The molecule has 22 heavy (non-hydrogen) atoms. The van der Waals surface area contributed by atoms with Gasteiger partial charge in [-0.1, -0.05) is 6.92 Å². The van der Waals surface area contributed by atoms with Crippen molar-refractivity contribution in [1.29, 1.82) is 0 Å². The van der Waals surface area contributed by atoms with E-state index in [1.54, 1.807) is 10.7 Å². The van der Waals surface area contributed by atoms with E-state index in [-0.39, 0.29) is 23.7 Å². The number of piperidine rings is 1. The zero-order valence-electron chi connectivity index (χ0n) is 12.9. The highest BCUT2D eigenvalue weighted by Gasteiger charge is 2.27. The SMILES string of the molecule is Cc1ccn2ncc(C(=O)NCC3(C)CCNCC3)c2n1.Cl. The lowest BCUT2D eigenvalue weighted by molar-refractivity contribution is 0.0923. The van der Waals surface area contributed by atoms with Crippen LogP contribution >= 0.6 is 12.4 Å². The van der Waals surface area contributed by atoms with E-state index in [1.165, 1.54) is 0 Å². The number of aromatic nitrogens is 3. The molecule has 3 heterocycles. The van der Waals surface area contributed by atoms with Crippen LogP contribution in [0.3, 0.4) is 0 Å². The predicted molar refractivity (Wildman–Crippen MR) is 87.5 cm³/mol. The van der Waals surface area contributed by atoms with Crippen LogP contribution in [0, 0.1) is 12.3 Å². The Bertz CT molecular complexity index is 663. The van der Waals surface area contributed by atoms with E-state index in [9.17, 15) is 4.79 Å². The standard InChI is InChI=1S/C15H21N5O.ClH/c1-11-3-8-20-13(19-11)12(9-18-20)14(21)17-10-15(2)4-6-16-7-5-15;/h3,8-9,16H,4-7,10H2,1-2H3,(H,17,21);1H. The predicted octanol–water partition coefficient (Wildman–Crippen LogP) is 1.58. The molecule has 1 amide bonds. The Balaban J connectivity index is 0.00000176. The Hall–Kier alpha value is -1.66. The van der Waals surface area contributed by atoms with Gasteiger partial charge in [-0.05, 0) is 44.3 Å². The molecule has 0 aromatic carbocycles. The zero-order valence-corrected chi connectivity index (χ0v) is 13.7. The van der Waals surface area contributed by atoms with E-state index in [0.717, 1.165) is 31.6 Å². The van der Waals surface area contributed by atoms with Crippen LogP contribution in [-0.4, -0.2) is 40.1 Å². The summed E-state index contributed by atoms with van der Waals surface area (Å²) < 4.78 is 1.63. The monoisotopic (exact) mass is 323 g/mol. The molecule has 0 atom stereocenters. The van der Waals surface area contributed by atoms with E-state index in [2.05, 4.69) is 27.6 Å². The second-order valence-electron chi connectivity index (χ2n) is 6.14. The van der Waals surface area contributed by atoms with E-state index >= 15 is 0 Å². The lowest BCUT2D eigenvalue weighted by Crippen LogP contribution is -2.42. The number of fused-ring (bicyclic) bond motifs is 1. The van der Waals surface area contributed by atoms with Crippen LogP contribution in [-0.2, 0) is 0 Å². The summed E-state index contributed by atoms with van der Waals surface area (Å²) >= 11 is 0. The van der Waals surface area contributed by atoms with Gasteiger partial charge in [0.2, 0.25) is 0 Å². The number of aryl methyl sites for hydroxylation is 1. The Kier molecular flexibility index (Phi) is 5.03. The van der Waals surface area contributed by atoms with Gasteiger partial charge in [-0.3, -0.25) is 4.79 Å². The third-order valence-corrected chi connectivity index (χ3v) is 4.24. The Morgan fingerprint density at radius 3 is 2.91 bits per heavy atom. The maximum Gasteiger partial charge on any atom is 0.256 e. The number of carbonyl (C=O) groups excluding carboxylic acids is 1. The molecule has 0 bridgehead atoms. The van der Waals surface area contributed by atoms with Crippen LogP contribution < -0.4 is 10.6 Å². The van der Waals surface area contributed by atoms with Gasteiger partial charge in [0.15, 0.2) is 5.65 Å². The van der Waals surface area contributed by atoms with Gasteiger partial charge < -0.3 is 10.6 Å². The average molecular weight is 324 g/mol. The quantitative estimate of drug-likeness (QED) is 0.899. The van der Waals surface area contributed by atoms with Crippen LogP contribution in [0.1, 0.15) is 35.8 Å². The summed E-state index contributed by atoms with van der Waals surface area (Å²) in [5.41, 5.74) is 2.20. The minimum Gasteiger partial charge on any atom is -0.351 e. The number of rotatable bonds is 3. The fourth-order valence-corrected chi connectivity index (χ4v) is 2.72. The molecule has 2 N–H and O–H groups in total. The molecule has 0 radical (unpaired) electrons. The van der Waals surface area contributed by atoms with E-state index in [0.29, 0.717) is 17.8 Å². The normalized spacial score (nSPS) is 17.0. The topological polar surface area (TPSA) is 71.3 Å². The minimum absolute atomic E-state index is 0. The molecule has 0 unspecified atom stereocenters. The van der Waals surface area contributed by atoms with Crippen molar-refractivity contribution in [2.24, 2.45) is 5.41 Å². The molecular weight excluding hydrogens is 302 g/mol. The van der Waals surface area contributed by atoms with Gasteiger partial charge >= 0.3 is 0 Å². The first-order valence-corrected chi connectivity index (χ1v) is 7.37. The third-order valence-electron chi connectivity index (χ3n) is 4.24. The molecule has 0 saturated carbocycles. The fourth-order valence-electron chi connectivity index (χ4n) is 2.72. The summed E-state index contributed by atoms with van der Waals surface area (Å²) in [5.74, 6) is -0.0946. The Labute approximate surface area is 136 Å². The minimum atomic E-state index is -0.0946. The van der Waals surface area contributed by atoms with Gasteiger partial charge in [0, 0.05) is 18.4 Å². The second-order valence-corrected chi connectivity index (χ2v) is 6.14. The lowest BCUT2D eigenvalue weighted by Gasteiger charge is -2.34. The number of nitrogens with one attached hydrogen (secondary N) is 2. The smallest absolute Gasteiger partial charge is 0.256 e. The van der Waals surface area contributed by atoms with Crippen molar-refractivity contribution in [1.82, 2.24) is 25.2 Å². The number of halogens is 1. The summed E-state index contributed by atoms with van der Waals surface area (Å²) in [5, 5.41) is 10.6. The maximum absolute atomic E-state index is 12.4.